The first kappa shape index (κ1) is 31.1. The minimum atomic E-state index is -0.566. The van der Waals surface area contributed by atoms with Gasteiger partial charge in [-0.15, -0.1) is 0 Å². The highest BCUT2D eigenvalue weighted by Gasteiger charge is 2.27. The maximum atomic E-state index is 13.0. The van der Waals surface area contributed by atoms with Gasteiger partial charge in [-0.1, -0.05) is 50.2 Å². The molecule has 2 aliphatic carbocycles. The fraction of sp³-hybridized carbons (Fsp3) is 0.444. The minimum Gasteiger partial charge on any atom is -0.455 e. The Balaban J connectivity index is 1.74. The number of H-pyrrole nitrogens is 2. The van der Waals surface area contributed by atoms with E-state index in [2.05, 4.69) is 54.1 Å². The molecule has 42 heavy (non-hydrogen) atoms. The lowest BCUT2D eigenvalue weighted by atomic mass is 10.00. The highest BCUT2D eigenvalue weighted by molar-refractivity contribution is 5.91. The number of esters is 2. The van der Waals surface area contributed by atoms with Crippen molar-refractivity contribution in [3.63, 3.8) is 0 Å². The van der Waals surface area contributed by atoms with Gasteiger partial charge in [-0.2, -0.15) is 0 Å². The molecule has 0 saturated carbocycles. The molecule has 0 aliphatic heterocycles. The van der Waals surface area contributed by atoms with Crippen LogP contribution in [0.2, 0.25) is 0 Å². The van der Waals surface area contributed by atoms with Gasteiger partial charge >= 0.3 is 11.9 Å². The molecule has 2 N–H and O–H groups in total. The summed E-state index contributed by atoms with van der Waals surface area (Å²) in [5.74, 6) is -0.647. The first-order valence-corrected chi connectivity index (χ1v) is 15.0. The van der Waals surface area contributed by atoms with E-state index in [0.29, 0.717) is 24.2 Å². The van der Waals surface area contributed by atoms with Crippen molar-refractivity contribution in [3.05, 3.63) is 92.6 Å². The van der Waals surface area contributed by atoms with E-state index in [1.807, 2.05) is 61.5 Å². The smallest absolute Gasteiger partial charge is 0.355 e. The molecule has 0 amide bonds. The van der Waals surface area contributed by atoms with Gasteiger partial charge in [-0.3, -0.25) is 0 Å². The van der Waals surface area contributed by atoms with E-state index in [0.717, 1.165) is 46.5 Å². The third kappa shape index (κ3) is 6.64. The van der Waals surface area contributed by atoms with E-state index in [9.17, 15) is 9.59 Å². The molecule has 0 bridgehead atoms. The number of aromatic amines is 2. The van der Waals surface area contributed by atoms with Crippen LogP contribution in [0.3, 0.4) is 0 Å². The molecule has 2 aromatic heterocycles. The molecule has 2 aromatic rings. The first-order valence-electron chi connectivity index (χ1n) is 15.0. The molecule has 4 rings (SSSR count). The second-order valence-corrected chi connectivity index (χ2v) is 13.2. The monoisotopic (exact) mass is 570 g/mol. The molecule has 0 aromatic carbocycles. The van der Waals surface area contributed by atoms with Crippen molar-refractivity contribution >= 4 is 11.9 Å². The van der Waals surface area contributed by atoms with Crippen molar-refractivity contribution in [2.45, 2.75) is 106 Å². The van der Waals surface area contributed by atoms with Crippen molar-refractivity contribution in [1.29, 1.82) is 0 Å². The van der Waals surface area contributed by atoms with Gasteiger partial charge in [-0.25, -0.2) is 9.59 Å². The van der Waals surface area contributed by atoms with Crippen LogP contribution in [-0.2, 0) is 35.2 Å². The van der Waals surface area contributed by atoms with Crippen LogP contribution in [0.25, 0.3) is 11.1 Å². The van der Waals surface area contributed by atoms with E-state index in [1.165, 1.54) is 22.3 Å². The summed E-state index contributed by atoms with van der Waals surface area (Å²) in [7, 11) is 0. The molecule has 0 radical (unpaired) electrons. The normalized spacial score (nSPS) is 12.1. The summed E-state index contributed by atoms with van der Waals surface area (Å²) < 4.78 is 11.4. The average Bonchev–Trinajstić information content (AvgIpc) is 3.38. The number of nitrogens with one attached hydrogen (secondary N) is 2. The number of carbonyl (C=O) groups is 2. The molecule has 0 fully saturated rings. The fourth-order valence-corrected chi connectivity index (χ4v) is 5.87. The van der Waals surface area contributed by atoms with Gasteiger partial charge in [0.2, 0.25) is 0 Å². The zero-order valence-electron chi connectivity index (χ0n) is 26.9. The Morgan fingerprint density at radius 2 is 1.05 bits per heavy atom. The Morgan fingerprint density at radius 1 is 0.667 bits per heavy atom. The van der Waals surface area contributed by atoms with E-state index in [4.69, 9.17) is 9.47 Å². The number of hydrogen-bond donors (Lipinski definition) is 2. The summed E-state index contributed by atoms with van der Waals surface area (Å²) in [6.07, 6.45) is 2.96. The maximum absolute atomic E-state index is 13.0. The highest BCUT2D eigenvalue weighted by atomic mass is 16.6. The number of fused-ring (bicyclic) bond motifs is 1. The molecular weight excluding hydrogens is 524 g/mol. The summed E-state index contributed by atoms with van der Waals surface area (Å²) in [6, 6.07) is 12.8. The topological polar surface area (TPSA) is 84.2 Å². The SMILES string of the molecule is CCc1c(Cc2cc(Cc3[nH]c(C(=O)OC(C)(C)C)c(C)c3CC)c3cccccc2-3)[nH]c(C(=O)OC(C)(C)C)c1C. The Hall–Kier alpha value is -3.80. The zero-order valence-corrected chi connectivity index (χ0v) is 26.9. The molecule has 0 spiro atoms. The van der Waals surface area contributed by atoms with E-state index in [-0.39, 0.29) is 11.9 Å². The van der Waals surface area contributed by atoms with E-state index in [1.54, 1.807) is 0 Å². The van der Waals surface area contributed by atoms with Crippen LogP contribution in [0, 0.1) is 13.8 Å². The van der Waals surface area contributed by atoms with Crippen molar-refractivity contribution in [1.82, 2.24) is 9.97 Å². The van der Waals surface area contributed by atoms with Crippen molar-refractivity contribution in [3.8, 4) is 11.1 Å². The zero-order chi connectivity index (χ0) is 31.0. The maximum Gasteiger partial charge on any atom is 0.355 e. The summed E-state index contributed by atoms with van der Waals surface area (Å²) in [4.78, 5) is 32.9. The minimum absolute atomic E-state index is 0.324. The van der Waals surface area contributed by atoms with Gasteiger partial charge in [-0.05, 0) is 113 Å². The summed E-state index contributed by atoms with van der Waals surface area (Å²) in [5.41, 5.74) is 11.0. The van der Waals surface area contributed by atoms with Gasteiger partial charge in [0.15, 0.2) is 0 Å². The highest BCUT2D eigenvalue weighted by Crippen LogP contribution is 2.37. The fourth-order valence-electron chi connectivity index (χ4n) is 5.87. The molecule has 2 heterocycles. The lowest BCUT2D eigenvalue weighted by Gasteiger charge is -2.19. The average molecular weight is 571 g/mol. The molecule has 0 saturated heterocycles. The number of carbonyl (C=O) groups excluding carboxylic acids is 2. The predicted molar refractivity (Wildman–Crippen MR) is 169 cm³/mol. The molecular formula is C36H46N2O4. The molecule has 0 unspecified atom stereocenters. The second-order valence-electron chi connectivity index (χ2n) is 13.2. The largest absolute Gasteiger partial charge is 0.455 e. The Kier molecular flexibility index (Phi) is 8.77. The number of rotatable bonds is 8. The van der Waals surface area contributed by atoms with Crippen LogP contribution in [0.5, 0.6) is 0 Å². The van der Waals surface area contributed by atoms with Crippen molar-refractivity contribution in [2.75, 3.05) is 0 Å². The van der Waals surface area contributed by atoms with Crippen molar-refractivity contribution < 1.29 is 19.1 Å². The summed E-state index contributed by atoms with van der Waals surface area (Å²) in [5, 5.41) is 0. The lowest BCUT2D eigenvalue weighted by Crippen LogP contribution is -2.24. The second kappa shape index (κ2) is 11.8. The lowest BCUT2D eigenvalue weighted by molar-refractivity contribution is 0.00501. The predicted octanol–water partition coefficient (Wildman–Crippen LogP) is 8.28. The summed E-state index contributed by atoms with van der Waals surface area (Å²) >= 11 is 0. The standard InChI is InChI=1S/C36H46N2O4/c1-11-25-21(3)31(33(39)41-35(5,6)7)37-29(25)19-23-18-24(28-17-15-13-14-16-27(23)28)20-30-26(12-2)22(4)32(38-30)34(40)42-36(8,9)10/h13-18,37-38H,11-12,19-20H2,1-10H3. The van der Waals surface area contributed by atoms with Gasteiger partial charge in [0.05, 0.1) is 0 Å². The van der Waals surface area contributed by atoms with Crippen LogP contribution in [-0.4, -0.2) is 33.1 Å². The van der Waals surface area contributed by atoms with Gasteiger partial charge in [0.1, 0.15) is 22.6 Å². The van der Waals surface area contributed by atoms with Crippen LogP contribution in [0.1, 0.15) is 121 Å². The quantitative estimate of drug-likeness (QED) is 0.209. The third-order valence-electron chi connectivity index (χ3n) is 7.66. The molecule has 0 atom stereocenters. The number of ether oxygens (including phenoxy) is 2. The van der Waals surface area contributed by atoms with Crippen LogP contribution >= 0.6 is 0 Å². The van der Waals surface area contributed by atoms with Crippen molar-refractivity contribution in [2.24, 2.45) is 0 Å². The third-order valence-corrected chi connectivity index (χ3v) is 7.66. The molecule has 6 heteroatoms. The van der Waals surface area contributed by atoms with Gasteiger partial charge in [0, 0.05) is 24.2 Å². The van der Waals surface area contributed by atoms with Crippen LogP contribution in [0.15, 0.2) is 36.4 Å². The van der Waals surface area contributed by atoms with E-state index >= 15 is 0 Å². The Labute approximate surface area is 250 Å². The molecule has 6 nitrogen and oxygen atoms in total. The molecule has 224 valence electrons. The summed E-state index contributed by atoms with van der Waals surface area (Å²) in [6.45, 7) is 19.5. The van der Waals surface area contributed by atoms with E-state index < -0.39 is 11.2 Å². The Morgan fingerprint density at radius 3 is 1.38 bits per heavy atom. The van der Waals surface area contributed by atoms with Gasteiger partial charge in [0.25, 0.3) is 0 Å². The number of aromatic nitrogens is 2. The number of hydrogen-bond acceptors (Lipinski definition) is 4. The first-order chi connectivity index (χ1) is 19.6. The van der Waals surface area contributed by atoms with Crippen LogP contribution in [0.4, 0.5) is 0 Å². The Bertz CT molecular complexity index is 1460. The molecule has 2 aliphatic rings. The van der Waals surface area contributed by atoms with Gasteiger partial charge < -0.3 is 19.4 Å². The van der Waals surface area contributed by atoms with Crippen LogP contribution < -0.4 is 0 Å².